The van der Waals surface area contributed by atoms with Crippen LogP contribution < -0.4 is 4.72 Å². The SMILES string of the molecule is CC(C)CS(=O)(=O)Nc1ccc(I)cc1C(=O)O. The van der Waals surface area contributed by atoms with Crippen LogP contribution in [0.5, 0.6) is 0 Å². The van der Waals surface area contributed by atoms with E-state index in [-0.39, 0.29) is 22.9 Å². The number of hydrogen-bond acceptors (Lipinski definition) is 3. The van der Waals surface area contributed by atoms with Crippen LogP contribution in [0.3, 0.4) is 0 Å². The zero-order chi connectivity index (χ0) is 13.9. The predicted molar refractivity (Wildman–Crippen MR) is 78.4 cm³/mol. The molecular weight excluding hydrogens is 369 g/mol. The summed E-state index contributed by atoms with van der Waals surface area (Å²) in [5, 5.41) is 9.03. The number of anilines is 1. The molecule has 0 heterocycles. The van der Waals surface area contributed by atoms with Crippen LogP contribution >= 0.6 is 22.6 Å². The number of aromatic carboxylic acids is 1. The molecule has 0 aromatic heterocycles. The second-order valence-corrected chi connectivity index (χ2v) is 7.28. The third kappa shape index (κ3) is 4.45. The molecule has 18 heavy (non-hydrogen) atoms. The molecule has 0 spiro atoms. The number of sulfonamides is 1. The van der Waals surface area contributed by atoms with E-state index in [0.717, 1.165) is 3.57 Å². The largest absolute Gasteiger partial charge is 0.478 e. The second kappa shape index (κ2) is 5.87. The highest BCUT2D eigenvalue weighted by molar-refractivity contribution is 14.1. The summed E-state index contributed by atoms with van der Waals surface area (Å²) < 4.78 is 26.6. The van der Waals surface area contributed by atoms with Gasteiger partial charge in [-0.25, -0.2) is 13.2 Å². The zero-order valence-corrected chi connectivity index (χ0v) is 12.9. The van der Waals surface area contributed by atoms with Crippen LogP contribution in [0.15, 0.2) is 18.2 Å². The van der Waals surface area contributed by atoms with Gasteiger partial charge < -0.3 is 5.11 Å². The van der Waals surface area contributed by atoms with Gasteiger partial charge in [0.25, 0.3) is 0 Å². The molecule has 0 aliphatic rings. The summed E-state index contributed by atoms with van der Waals surface area (Å²) in [6, 6.07) is 4.54. The Morgan fingerprint density at radius 3 is 2.56 bits per heavy atom. The van der Waals surface area contributed by atoms with Crippen LogP contribution in [0.4, 0.5) is 5.69 Å². The van der Waals surface area contributed by atoms with Crippen molar-refractivity contribution >= 4 is 44.3 Å². The van der Waals surface area contributed by atoms with Gasteiger partial charge in [0.15, 0.2) is 0 Å². The average molecular weight is 383 g/mol. The van der Waals surface area contributed by atoms with E-state index in [9.17, 15) is 13.2 Å². The molecule has 0 saturated heterocycles. The highest BCUT2D eigenvalue weighted by atomic mass is 127. The summed E-state index contributed by atoms with van der Waals surface area (Å²) in [7, 11) is -3.52. The molecule has 2 N–H and O–H groups in total. The third-order valence-electron chi connectivity index (χ3n) is 2.03. The van der Waals surface area contributed by atoms with Crippen LogP contribution in [-0.2, 0) is 10.0 Å². The first-order chi connectivity index (χ1) is 8.21. The number of rotatable bonds is 5. The van der Waals surface area contributed by atoms with E-state index in [4.69, 9.17) is 5.11 Å². The summed E-state index contributed by atoms with van der Waals surface area (Å²) in [5.41, 5.74) is 0.0535. The topological polar surface area (TPSA) is 83.5 Å². The molecular formula is C11H14INO4S. The van der Waals surface area contributed by atoms with Crippen molar-refractivity contribution in [1.82, 2.24) is 0 Å². The molecule has 7 heteroatoms. The van der Waals surface area contributed by atoms with Gasteiger partial charge in [-0.1, -0.05) is 13.8 Å². The first kappa shape index (κ1) is 15.2. The second-order valence-electron chi connectivity index (χ2n) is 4.27. The van der Waals surface area contributed by atoms with E-state index in [2.05, 4.69) is 4.72 Å². The van der Waals surface area contributed by atoms with Crippen molar-refractivity contribution in [2.24, 2.45) is 5.92 Å². The van der Waals surface area contributed by atoms with Crippen molar-refractivity contribution in [1.29, 1.82) is 0 Å². The maximum atomic E-state index is 11.8. The normalized spacial score (nSPS) is 11.6. The van der Waals surface area contributed by atoms with Gasteiger partial charge >= 0.3 is 5.97 Å². The van der Waals surface area contributed by atoms with Crippen molar-refractivity contribution in [2.45, 2.75) is 13.8 Å². The van der Waals surface area contributed by atoms with Crippen molar-refractivity contribution in [3.63, 3.8) is 0 Å². The molecule has 0 unspecified atom stereocenters. The van der Waals surface area contributed by atoms with Crippen molar-refractivity contribution in [3.05, 3.63) is 27.3 Å². The lowest BCUT2D eigenvalue weighted by molar-refractivity contribution is 0.0698. The van der Waals surface area contributed by atoms with Gasteiger partial charge in [0.1, 0.15) is 0 Å². The number of carboxylic acids is 1. The van der Waals surface area contributed by atoms with Gasteiger partial charge in [-0.3, -0.25) is 4.72 Å². The molecule has 0 fully saturated rings. The number of carbonyl (C=O) groups is 1. The Labute approximate surface area is 120 Å². The van der Waals surface area contributed by atoms with E-state index in [1.165, 1.54) is 12.1 Å². The number of nitrogens with one attached hydrogen (secondary N) is 1. The van der Waals surface area contributed by atoms with Crippen LogP contribution in [-0.4, -0.2) is 25.2 Å². The fourth-order valence-corrected chi connectivity index (χ4v) is 3.40. The molecule has 0 amide bonds. The minimum absolute atomic E-state index is 0.0281. The van der Waals surface area contributed by atoms with E-state index in [1.807, 2.05) is 22.6 Å². The fourth-order valence-electron chi connectivity index (χ4n) is 1.43. The van der Waals surface area contributed by atoms with Gasteiger partial charge in [-0.15, -0.1) is 0 Å². The molecule has 0 atom stereocenters. The zero-order valence-electron chi connectivity index (χ0n) is 9.97. The minimum atomic E-state index is -3.52. The minimum Gasteiger partial charge on any atom is -0.478 e. The van der Waals surface area contributed by atoms with Crippen LogP contribution in [0.25, 0.3) is 0 Å². The van der Waals surface area contributed by atoms with Gasteiger partial charge in [0, 0.05) is 3.57 Å². The summed E-state index contributed by atoms with van der Waals surface area (Å²) in [5.74, 6) is -1.23. The number of hydrogen-bond donors (Lipinski definition) is 2. The van der Waals surface area contributed by atoms with Gasteiger partial charge in [0.05, 0.1) is 17.0 Å². The summed E-state index contributed by atoms with van der Waals surface area (Å²) >= 11 is 1.97. The molecule has 0 saturated carbocycles. The Morgan fingerprint density at radius 1 is 1.44 bits per heavy atom. The van der Waals surface area contributed by atoms with Gasteiger partial charge in [-0.2, -0.15) is 0 Å². The smallest absolute Gasteiger partial charge is 0.337 e. The van der Waals surface area contributed by atoms with E-state index >= 15 is 0 Å². The molecule has 0 bridgehead atoms. The lowest BCUT2D eigenvalue weighted by Crippen LogP contribution is -2.21. The molecule has 5 nitrogen and oxygen atoms in total. The van der Waals surface area contributed by atoms with Crippen LogP contribution in [0, 0.1) is 9.49 Å². The molecule has 0 aliphatic carbocycles. The molecule has 1 rings (SSSR count). The van der Waals surface area contributed by atoms with E-state index in [1.54, 1.807) is 19.9 Å². The number of carboxylic acid groups (broad SMARTS) is 1. The first-order valence-corrected chi connectivity index (χ1v) is 7.97. The summed E-state index contributed by atoms with van der Waals surface area (Å²) in [6.07, 6.45) is 0. The van der Waals surface area contributed by atoms with Crippen molar-refractivity contribution < 1.29 is 18.3 Å². The first-order valence-electron chi connectivity index (χ1n) is 5.24. The Kier molecular flexibility index (Phi) is 4.97. The van der Waals surface area contributed by atoms with Crippen LogP contribution in [0.1, 0.15) is 24.2 Å². The molecule has 100 valence electrons. The molecule has 0 radical (unpaired) electrons. The fraction of sp³-hybridized carbons (Fsp3) is 0.364. The Bertz CT molecular complexity index is 554. The van der Waals surface area contributed by atoms with Crippen LogP contribution in [0.2, 0.25) is 0 Å². The standard InChI is InChI=1S/C11H14INO4S/c1-7(2)6-18(16,17)13-10-4-3-8(12)5-9(10)11(14)15/h3-5,7,13H,6H2,1-2H3,(H,14,15). The quantitative estimate of drug-likeness (QED) is 0.765. The summed E-state index contributed by atoms with van der Waals surface area (Å²) in [6.45, 7) is 3.57. The lowest BCUT2D eigenvalue weighted by atomic mass is 10.2. The van der Waals surface area contributed by atoms with Crippen molar-refractivity contribution in [2.75, 3.05) is 10.5 Å². The highest BCUT2D eigenvalue weighted by Gasteiger charge is 2.17. The van der Waals surface area contributed by atoms with Gasteiger partial charge in [0.2, 0.25) is 10.0 Å². The lowest BCUT2D eigenvalue weighted by Gasteiger charge is -2.12. The molecule has 0 aliphatic heterocycles. The third-order valence-corrected chi connectivity index (χ3v) is 4.34. The predicted octanol–water partition coefficient (Wildman–Crippen LogP) is 2.39. The Morgan fingerprint density at radius 2 is 2.06 bits per heavy atom. The molecule has 1 aromatic carbocycles. The Hall–Kier alpha value is -0.830. The molecule has 1 aromatic rings. The summed E-state index contributed by atoms with van der Waals surface area (Å²) in [4.78, 5) is 11.0. The monoisotopic (exact) mass is 383 g/mol. The number of halogens is 1. The van der Waals surface area contributed by atoms with E-state index in [0.29, 0.717) is 0 Å². The van der Waals surface area contributed by atoms with E-state index < -0.39 is 16.0 Å². The maximum Gasteiger partial charge on any atom is 0.337 e. The average Bonchev–Trinajstić information content (AvgIpc) is 2.18. The number of benzene rings is 1. The van der Waals surface area contributed by atoms with Gasteiger partial charge in [-0.05, 0) is 46.7 Å². The van der Waals surface area contributed by atoms with Crippen molar-refractivity contribution in [3.8, 4) is 0 Å². The Balaban J connectivity index is 3.08. The maximum absolute atomic E-state index is 11.8. The highest BCUT2D eigenvalue weighted by Crippen LogP contribution is 2.20.